The monoisotopic (exact) mass is 156 g/mol. The van der Waals surface area contributed by atoms with Gasteiger partial charge in [-0.2, -0.15) is 0 Å². The van der Waals surface area contributed by atoms with Gasteiger partial charge in [-0.25, -0.2) is 0 Å². The zero-order chi connectivity index (χ0) is 8.39. The molecule has 0 atom stereocenters. The second-order valence-corrected chi connectivity index (χ2v) is 3.09. The molecule has 0 unspecified atom stereocenters. The average molecular weight is 156 g/mol. The molecule has 12 heavy (non-hydrogen) atoms. The van der Waals surface area contributed by atoms with Crippen molar-refractivity contribution in [3.05, 3.63) is 53.1 Å². The molecular weight excluding hydrogens is 144 g/mol. The summed E-state index contributed by atoms with van der Waals surface area (Å²) < 4.78 is 0. The van der Waals surface area contributed by atoms with E-state index in [0.717, 1.165) is 6.42 Å². The topological polar surface area (TPSA) is 0 Å². The van der Waals surface area contributed by atoms with Crippen molar-refractivity contribution in [2.75, 3.05) is 0 Å². The molecule has 1 aliphatic carbocycles. The van der Waals surface area contributed by atoms with Gasteiger partial charge in [0.05, 0.1) is 0 Å². The summed E-state index contributed by atoms with van der Waals surface area (Å²) in [7, 11) is 0. The Morgan fingerprint density at radius 3 is 2.83 bits per heavy atom. The third kappa shape index (κ3) is 1.20. The van der Waals surface area contributed by atoms with Crippen LogP contribution in [0.15, 0.2) is 42.0 Å². The van der Waals surface area contributed by atoms with Crippen molar-refractivity contribution >= 4 is 6.08 Å². The van der Waals surface area contributed by atoms with Crippen LogP contribution < -0.4 is 0 Å². The molecule has 0 radical (unpaired) electrons. The van der Waals surface area contributed by atoms with E-state index in [1.165, 1.54) is 16.7 Å². The standard InChI is InChI=1S/C12H12/c1-2-5-10-8-11-6-3-4-7-12(11)9-10/h2-8H,9H2,1H3/b5-2+. The summed E-state index contributed by atoms with van der Waals surface area (Å²) in [4.78, 5) is 0. The Morgan fingerprint density at radius 1 is 1.25 bits per heavy atom. The highest BCUT2D eigenvalue weighted by atomic mass is 14.1. The maximum atomic E-state index is 2.26. The molecule has 0 saturated carbocycles. The van der Waals surface area contributed by atoms with Gasteiger partial charge in [0.25, 0.3) is 0 Å². The minimum absolute atomic E-state index is 1.10. The van der Waals surface area contributed by atoms with Gasteiger partial charge in [0.1, 0.15) is 0 Å². The van der Waals surface area contributed by atoms with Crippen molar-refractivity contribution in [1.82, 2.24) is 0 Å². The number of hydrogen-bond acceptors (Lipinski definition) is 0. The number of rotatable bonds is 1. The molecule has 0 spiro atoms. The highest BCUT2D eigenvalue weighted by Gasteiger charge is 2.08. The zero-order valence-electron chi connectivity index (χ0n) is 7.25. The molecule has 2 rings (SSSR count). The molecule has 1 aromatic rings. The van der Waals surface area contributed by atoms with Crippen molar-refractivity contribution in [3.8, 4) is 0 Å². The summed E-state index contributed by atoms with van der Waals surface area (Å²) in [5, 5.41) is 0. The Bertz CT molecular complexity index is 343. The smallest absolute Gasteiger partial charge is 0.00197 e. The second kappa shape index (κ2) is 2.98. The van der Waals surface area contributed by atoms with E-state index in [0.29, 0.717) is 0 Å². The Kier molecular flexibility index (Phi) is 1.83. The lowest BCUT2D eigenvalue weighted by molar-refractivity contribution is 1.24. The predicted octanol–water partition coefficient (Wildman–Crippen LogP) is 3.20. The van der Waals surface area contributed by atoms with Gasteiger partial charge in [-0.1, -0.05) is 42.5 Å². The van der Waals surface area contributed by atoms with Crippen LogP contribution in [0.2, 0.25) is 0 Å². The minimum Gasteiger partial charge on any atom is -0.0874 e. The van der Waals surface area contributed by atoms with Gasteiger partial charge in [0.15, 0.2) is 0 Å². The minimum atomic E-state index is 1.10. The molecule has 1 aliphatic rings. The van der Waals surface area contributed by atoms with Crippen LogP contribution in [0.1, 0.15) is 18.1 Å². The maximum absolute atomic E-state index is 2.26. The van der Waals surface area contributed by atoms with E-state index in [-0.39, 0.29) is 0 Å². The van der Waals surface area contributed by atoms with E-state index < -0.39 is 0 Å². The van der Waals surface area contributed by atoms with E-state index in [2.05, 4.69) is 49.4 Å². The van der Waals surface area contributed by atoms with Crippen molar-refractivity contribution in [3.63, 3.8) is 0 Å². The van der Waals surface area contributed by atoms with E-state index in [1.54, 1.807) is 0 Å². The molecule has 0 fully saturated rings. The first-order valence-corrected chi connectivity index (χ1v) is 4.31. The molecule has 0 amide bonds. The first-order chi connectivity index (χ1) is 5.90. The second-order valence-electron chi connectivity index (χ2n) is 3.09. The molecule has 0 heterocycles. The van der Waals surface area contributed by atoms with Crippen molar-refractivity contribution in [1.29, 1.82) is 0 Å². The zero-order valence-corrected chi connectivity index (χ0v) is 7.25. The lowest BCUT2D eigenvalue weighted by Gasteiger charge is -1.94. The lowest BCUT2D eigenvalue weighted by atomic mass is 10.1. The van der Waals surface area contributed by atoms with Crippen molar-refractivity contribution in [2.45, 2.75) is 13.3 Å². The summed E-state index contributed by atoms with van der Waals surface area (Å²) in [5.41, 5.74) is 4.25. The predicted molar refractivity (Wildman–Crippen MR) is 52.9 cm³/mol. The van der Waals surface area contributed by atoms with Crippen molar-refractivity contribution < 1.29 is 0 Å². The fourth-order valence-electron chi connectivity index (χ4n) is 1.63. The Morgan fingerprint density at radius 2 is 2.08 bits per heavy atom. The number of benzene rings is 1. The molecule has 1 aromatic carbocycles. The van der Waals surface area contributed by atoms with Crippen LogP contribution in [0.5, 0.6) is 0 Å². The summed E-state index contributed by atoms with van der Waals surface area (Å²) in [6.45, 7) is 2.06. The first kappa shape index (κ1) is 7.35. The molecule has 0 bridgehead atoms. The third-order valence-corrected chi connectivity index (χ3v) is 2.17. The maximum Gasteiger partial charge on any atom is -0.00197 e. The summed E-state index contributed by atoms with van der Waals surface area (Å²) in [6.07, 6.45) is 7.63. The molecule has 0 aromatic heterocycles. The molecule has 0 N–H and O–H groups in total. The van der Waals surface area contributed by atoms with Crippen LogP contribution in [0.4, 0.5) is 0 Å². The number of allylic oxidation sites excluding steroid dienone is 3. The highest BCUT2D eigenvalue weighted by Crippen LogP contribution is 2.24. The highest BCUT2D eigenvalue weighted by molar-refractivity contribution is 5.66. The molecule has 0 aliphatic heterocycles. The first-order valence-electron chi connectivity index (χ1n) is 4.31. The van der Waals surface area contributed by atoms with E-state index in [4.69, 9.17) is 0 Å². The van der Waals surface area contributed by atoms with Crippen LogP contribution in [0.3, 0.4) is 0 Å². The largest absolute Gasteiger partial charge is 0.0874 e. The summed E-state index contributed by atoms with van der Waals surface area (Å²) >= 11 is 0. The van der Waals surface area contributed by atoms with Crippen LogP contribution in [0, 0.1) is 0 Å². The summed E-state index contributed by atoms with van der Waals surface area (Å²) in [6, 6.07) is 8.56. The molecule has 60 valence electrons. The number of fused-ring (bicyclic) bond motifs is 1. The third-order valence-electron chi connectivity index (χ3n) is 2.17. The van der Waals surface area contributed by atoms with Crippen LogP contribution in [-0.2, 0) is 6.42 Å². The van der Waals surface area contributed by atoms with E-state index in [1.807, 2.05) is 0 Å². The van der Waals surface area contributed by atoms with Crippen LogP contribution >= 0.6 is 0 Å². The van der Waals surface area contributed by atoms with Gasteiger partial charge in [-0.15, -0.1) is 0 Å². The normalized spacial score (nSPS) is 14.9. The quantitative estimate of drug-likeness (QED) is 0.585. The van der Waals surface area contributed by atoms with Gasteiger partial charge >= 0.3 is 0 Å². The van der Waals surface area contributed by atoms with E-state index in [9.17, 15) is 0 Å². The fourth-order valence-corrected chi connectivity index (χ4v) is 1.63. The van der Waals surface area contributed by atoms with Gasteiger partial charge in [-0.05, 0) is 30.0 Å². The summed E-state index contributed by atoms with van der Waals surface area (Å²) in [5.74, 6) is 0. The SMILES string of the molecule is C/C=C/C1=Cc2ccccc2C1. The average Bonchev–Trinajstić information content (AvgIpc) is 2.47. The Balaban J connectivity index is 2.35. The van der Waals surface area contributed by atoms with Gasteiger partial charge in [-0.3, -0.25) is 0 Å². The Labute approximate surface area is 73.2 Å². The lowest BCUT2D eigenvalue weighted by Crippen LogP contribution is -1.80. The molecule has 0 heteroatoms. The van der Waals surface area contributed by atoms with Crippen LogP contribution in [0.25, 0.3) is 6.08 Å². The molecular formula is C12H12. The van der Waals surface area contributed by atoms with Gasteiger partial charge in [0.2, 0.25) is 0 Å². The fraction of sp³-hybridized carbons (Fsp3) is 0.167. The van der Waals surface area contributed by atoms with Gasteiger partial charge < -0.3 is 0 Å². The van der Waals surface area contributed by atoms with E-state index >= 15 is 0 Å². The van der Waals surface area contributed by atoms with Crippen LogP contribution in [-0.4, -0.2) is 0 Å². The molecule has 0 saturated heterocycles. The van der Waals surface area contributed by atoms with Gasteiger partial charge in [0, 0.05) is 0 Å². The Hall–Kier alpha value is -1.30. The molecule has 0 nitrogen and oxygen atoms in total. The number of hydrogen-bond donors (Lipinski definition) is 0. The van der Waals surface area contributed by atoms with Crippen molar-refractivity contribution in [2.24, 2.45) is 0 Å².